The fourth-order valence-corrected chi connectivity index (χ4v) is 1.56. The van der Waals surface area contributed by atoms with Crippen molar-refractivity contribution in [1.29, 1.82) is 0 Å². The molecule has 2 rings (SSSR count). The summed E-state index contributed by atoms with van der Waals surface area (Å²) in [5.74, 6) is 1.25. The molecule has 0 radical (unpaired) electrons. The van der Waals surface area contributed by atoms with E-state index in [-0.39, 0.29) is 5.69 Å². The molecule has 0 saturated heterocycles. The SMILES string of the molecule is CC.COc1cc([N+](=O)[O-])ccc1Oc1cncc(C)c1. The van der Waals surface area contributed by atoms with E-state index >= 15 is 0 Å². The maximum Gasteiger partial charge on any atom is 0.273 e. The van der Waals surface area contributed by atoms with E-state index in [1.807, 2.05) is 26.8 Å². The quantitative estimate of drug-likeness (QED) is 0.625. The second-order valence-corrected chi connectivity index (χ2v) is 3.89. The molecule has 0 aliphatic heterocycles. The van der Waals surface area contributed by atoms with Gasteiger partial charge >= 0.3 is 0 Å². The molecule has 0 aliphatic rings. The normalized spacial score (nSPS) is 9.33. The highest BCUT2D eigenvalue weighted by Gasteiger charge is 2.13. The summed E-state index contributed by atoms with van der Waals surface area (Å²) in [7, 11) is 1.43. The highest BCUT2D eigenvalue weighted by atomic mass is 16.6. The van der Waals surface area contributed by atoms with Gasteiger partial charge in [0.25, 0.3) is 5.69 Å². The van der Waals surface area contributed by atoms with Crippen LogP contribution in [0.15, 0.2) is 36.7 Å². The van der Waals surface area contributed by atoms with Crippen LogP contribution in [-0.4, -0.2) is 17.0 Å². The molecule has 0 N–H and O–H groups in total. The zero-order valence-electron chi connectivity index (χ0n) is 12.5. The lowest BCUT2D eigenvalue weighted by molar-refractivity contribution is -0.384. The summed E-state index contributed by atoms with van der Waals surface area (Å²) in [6.07, 6.45) is 3.27. The van der Waals surface area contributed by atoms with Crippen LogP contribution in [0.4, 0.5) is 5.69 Å². The van der Waals surface area contributed by atoms with Gasteiger partial charge in [0.05, 0.1) is 24.3 Å². The first-order valence-electron chi connectivity index (χ1n) is 6.52. The van der Waals surface area contributed by atoms with Crippen LogP contribution in [0.25, 0.3) is 0 Å². The average Bonchev–Trinajstić information content (AvgIpc) is 2.49. The standard InChI is InChI=1S/C13H12N2O4.C2H6/c1-9-5-11(8-14-7-9)19-12-4-3-10(15(16)17)6-13(12)18-2;1-2/h3-8H,1-2H3;1-2H3. The maximum atomic E-state index is 10.7. The van der Waals surface area contributed by atoms with Gasteiger partial charge in [0.1, 0.15) is 5.75 Å². The van der Waals surface area contributed by atoms with E-state index in [0.29, 0.717) is 17.2 Å². The van der Waals surface area contributed by atoms with Gasteiger partial charge in [-0.25, -0.2) is 0 Å². The molecule has 6 nitrogen and oxygen atoms in total. The number of pyridine rings is 1. The molecule has 0 fully saturated rings. The number of nitrogens with zero attached hydrogens (tertiary/aromatic N) is 2. The summed E-state index contributed by atoms with van der Waals surface area (Å²) in [5.41, 5.74) is 0.907. The molecule has 0 amide bonds. The smallest absolute Gasteiger partial charge is 0.273 e. The third-order valence-corrected chi connectivity index (χ3v) is 2.44. The molecule has 112 valence electrons. The molecular weight excluding hydrogens is 272 g/mol. The molecular formula is C15H18N2O4. The van der Waals surface area contributed by atoms with Gasteiger partial charge in [0.2, 0.25) is 0 Å². The first-order valence-corrected chi connectivity index (χ1v) is 6.52. The number of benzene rings is 1. The number of non-ortho nitro benzene ring substituents is 1. The lowest BCUT2D eigenvalue weighted by Gasteiger charge is -2.09. The molecule has 0 bridgehead atoms. The number of rotatable bonds is 4. The Balaban J connectivity index is 0.00000106. The van der Waals surface area contributed by atoms with E-state index in [9.17, 15) is 10.1 Å². The summed E-state index contributed by atoms with van der Waals surface area (Å²) >= 11 is 0. The van der Waals surface area contributed by atoms with Crippen LogP contribution >= 0.6 is 0 Å². The van der Waals surface area contributed by atoms with Crippen molar-refractivity contribution in [3.63, 3.8) is 0 Å². The molecule has 0 spiro atoms. The van der Waals surface area contributed by atoms with Crippen LogP contribution in [0.5, 0.6) is 17.2 Å². The van der Waals surface area contributed by atoms with Gasteiger partial charge in [-0.3, -0.25) is 15.1 Å². The van der Waals surface area contributed by atoms with Crippen LogP contribution in [0.1, 0.15) is 19.4 Å². The Kier molecular flexibility index (Phi) is 6.13. The summed E-state index contributed by atoms with van der Waals surface area (Å²) in [5, 5.41) is 10.7. The second-order valence-electron chi connectivity index (χ2n) is 3.89. The van der Waals surface area contributed by atoms with E-state index in [0.717, 1.165) is 5.56 Å². The molecule has 1 aromatic heterocycles. The average molecular weight is 290 g/mol. The van der Waals surface area contributed by atoms with Crippen molar-refractivity contribution in [1.82, 2.24) is 4.98 Å². The highest BCUT2D eigenvalue weighted by molar-refractivity contribution is 5.50. The first-order chi connectivity index (χ1) is 10.1. The minimum absolute atomic E-state index is 0.0495. The number of nitro benzene ring substituents is 1. The van der Waals surface area contributed by atoms with Gasteiger partial charge < -0.3 is 9.47 Å². The summed E-state index contributed by atoms with van der Waals surface area (Å²) in [6.45, 7) is 5.90. The van der Waals surface area contributed by atoms with Crippen LogP contribution in [-0.2, 0) is 0 Å². The van der Waals surface area contributed by atoms with E-state index in [2.05, 4.69) is 4.98 Å². The predicted octanol–water partition coefficient (Wildman–Crippen LogP) is 4.13. The molecule has 2 aromatic rings. The van der Waals surface area contributed by atoms with Gasteiger partial charge in [-0.15, -0.1) is 0 Å². The molecule has 6 heteroatoms. The lowest BCUT2D eigenvalue weighted by Crippen LogP contribution is -1.94. The van der Waals surface area contributed by atoms with E-state index in [4.69, 9.17) is 9.47 Å². The monoisotopic (exact) mass is 290 g/mol. The zero-order chi connectivity index (χ0) is 15.8. The van der Waals surface area contributed by atoms with Crippen molar-refractivity contribution < 1.29 is 14.4 Å². The Morgan fingerprint density at radius 3 is 2.43 bits per heavy atom. The Morgan fingerprint density at radius 2 is 1.86 bits per heavy atom. The van der Waals surface area contributed by atoms with Gasteiger partial charge in [-0.1, -0.05) is 13.8 Å². The van der Waals surface area contributed by atoms with Crippen LogP contribution in [0.3, 0.4) is 0 Å². The molecule has 1 heterocycles. The lowest BCUT2D eigenvalue weighted by atomic mass is 10.2. The molecule has 21 heavy (non-hydrogen) atoms. The van der Waals surface area contributed by atoms with E-state index < -0.39 is 4.92 Å². The highest BCUT2D eigenvalue weighted by Crippen LogP contribution is 2.34. The van der Waals surface area contributed by atoms with Crippen molar-refractivity contribution >= 4 is 5.69 Å². The van der Waals surface area contributed by atoms with E-state index in [1.54, 1.807) is 12.4 Å². The number of methoxy groups -OCH3 is 1. The Bertz CT molecular complexity index is 614. The molecule has 0 unspecified atom stereocenters. The largest absolute Gasteiger partial charge is 0.493 e. The van der Waals surface area contributed by atoms with Crippen LogP contribution in [0.2, 0.25) is 0 Å². The Labute approximate surface area is 123 Å². The van der Waals surface area contributed by atoms with Crippen LogP contribution in [0, 0.1) is 17.0 Å². The van der Waals surface area contributed by atoms with Crippen molar-refractivity contribution in [3.05, 3.63) is 52.3 Å². The Morgan fingerprint density at radius 1 is 1.14 bits per heavy atom. The number of hydrogen-bond donors (Lipinski definition) is 0. The Hall–Kier alpha value is -2.63. The molecule has 1 aromatic carbocycles. The van der Waals surface area contributed by atoms with Crippen molar-refractivity contribution in [2.75, 3.05) is 7.11 Å². The fourth-order valence-electron chi connectivity index (χ4n) is 1.56. The predicted molar refractivity (Wildman–Crippen MR) is 80.0 cm³/mol. The first kappa shape index (κ1) is 16.4. The summed E-state index contributed by atoms with van der Waals surface area (Å²) < 4.78 is 10.7. The second kappa shape index (κ2) is 7.84. The minimum atomic E-state index is -0.486. The van der Waals surface area contributed by atoms with Crippen molar-refractivity contribution in [3.8, 4) is 17.2 Å². The fraction of sp³-hybridized carbons (Fsp3) is 0.267. The topological polar surface area (TPSA) is 74.5 Å². The number of nitro groups is 1. The van der Waals surface area contributed by atoms with Crippen LogP contribution < -0.4 is 9.47 Å². The van der Waals surface area contributed by atoms with Gasteiger partial charge in [0, 0.05) is 12.3 Å². The number of aryl methyl sites for hydroxylation is 1. The minimum Gasteiger partial charge on any atom is -0.493 e. The number of hydrogen-bond acceptors (Lipinski definition) is 5. The summed E-state index contributed by atoms with van der Waals surface area (Å²) in [6, 6.07) is 5.99. The van der Waals surface area contributed by atoms with Crippen molar-refractivity contribution in [2.45, 2.75) is 20.8 Å². The van der Waals surface area contributed by atoms with E-state index in [1.165, 1.54) is 25.3 Å². The molecule has 0 atom stereocenters. The third-order valence-electron chi connectivity index (χ3n) is 2.44. The molecule has 0 saturated carbocycles. The van der Waals surface area contributed by atoms with Gasteiger partial charge in [-0.2, -0.15) is 0 Å². The number of ether oxygens (including phenoxy) is 2. The zero-order valence-corrected chi connectivity index (χ0v) is 12.5. The maximum absolute atomic E-state index is 10.7. The van der Waals surface area contributed by atoms with Gasteiger partial charge in [0.15, 0.2) is 11.5 Å². The van der Waals surface area contributed by atoms with Gasteiger partial charge in [-0.05, 0) is 24.6 Å². The third kappa shape index (κ3) is 4.45. The van der Waals surface area contributed by atoms with Crippen molar-refractivity contribution in [2.24, 2.45) is 0 Å². The summed E-state index contributed by atoms with van der Waals surface area (Å²) in [4.78, 5) is 14.2. The molecule has 0 aliphatic carbocycles. The number of aromatic nitrogens is 1.